The van der Waals surface area contributed by atoms with E-state index >= 15 is 0 Å². The van der Waals surface area contributed by atoms with Crippen molar-refractivity contribution in [3.8, 4) is 22.3 Å². The molecule has 6 aromatic carbocycles. The van der Waals surface area contributed by atoms with E-state index in [1.165, 1.54) is 7.11 Å². The Morgan fingerprint density at radius 2 is 0.887 bits per heavy atom. The van der Waals surface area contributed by atoms with Crippen LogP contribution in [0.3, 0.4) is 0 Å². The molecule has 4 atom stereocenters. The predicted molar refractivity (Wildman–Crippen MR) is 375 cm³/mol. The number of esters is 1. The number of amides is 4. The Bertz CT molecular complexity index is 3950. The molecule has 0 aliphatic carbocycles. The lowest BCUT2D eigenvalue weighted by Gasteiger charge is -2.34. The summed E-state index contributed by atoms with van der Waals surface area (Å²) in [6.45, 7) is 16.3. The molecular formula is C77H94N8O12. The van der Waals surface area contributed by atoms with Gasteiger partial charge in [-0.3, -0.25) is 9.59 Å². The van der Waals surface area contributed by atoms with E-state index in [1.54, 1.807) is 50.6 Å². The maximum atomic E-state index is 13.9. The van der Waals surface area contributed by atoms with E-state index in [9.17, 15) is 33.9 Å². The third-order valence-electron chi connectivity index (χ3n) is 17.4. The Morgan fingerprint density at radius 3 is 1.25 bits per heavy atom. The highest BCUT2D eigenvalue weighted by molar-refractivity contribution is 5.90. The first-order valence-electron chi connectivity index (χ1n) is 33.7. The van der Waals surface area contributed by atoms with E-state index < -0.39 is 41.4 Å². The number of ether oxygens (including phenoxy) is 5. The number of aromatic carboxylic acids is 1. The summed E-state index contributed by atoms with van der Waals surface area (Å²) >= 11 is 0. The number of carboxylic acids is 1. The second kappa shape index (κ2) is 33.5. The van der Waals surface area contributed by atoms with Gasteiger partial charge in [0, 0.05) is 103 Å². The van der Waals surface area contributed by atoms with Crippen molar-refractivity contribution in [3.63, 3.8) is 0 Å². The molecule has 0 unspecified atom stereocenters. The number of fused-ring (bicyclic) bond motifs is 2. The maximum absolute atomic E-state index is 13.9. The largest absolute Gasteiger partial charge is 0.478 e. The van der Waals surface area contributed by atoms with Gasteiger partial charge in [-0.25, -0.2) is 29.1 Å². The fourth-order valence-corrected chi connectivity index (χ4v) is 12.8. The zero-order chi connectivity index (χ0) is 69.2. The fraction of sp³-hybridized carbons (Fsp3) is 0.429. The highest BCUT2D eigenvalue weighted by Gasteiger charge is 2.33. The molecule has 0 radical (unpaired) electrons. The first-order valence-corrected chi connectivity index (χ1v) is 33.7. The van der Waals surface area contributed by atoms with Gasteiger partial charge in [0.2, 0.25) is 11.8 Å². The number of nitrogens with one attached hydrogen (secondary N) is 2. The monoisotopic (exact) mass is 1320 g/mol. The van der Waals surface area contributed by atoms with E-state index in [2.05, 4.69) is 31.9 Å². The maximum Gasteiger partial charge on any atom is 0.407 e. The average Bonchev–Trinajstić information content (AvgIpc) is 1.66. The first-order chi connectivity index (χ1) is 46.5. The standard InChI is InChI=1S/C39H48N4O6.C38H46N4O6/c1-39(2,3)49-38(46)40-32(24-27-13-15-28(16-14-27)29-17-19-30(20-18-29)37(45)48-5)25-35(44)42-21-8-10-31(26-42)36-41-33-11-6-7-12-34(33)43(36)22-9-23-47-4;1-38(2,3)48-37(46)39-31(23-26-12-14-27(15-13-26)28-16-18-29(19-17-28)36(44)45)24-34(43)41-20-7-9-30(25-41)35-40-32-10-5-6-11-33(32)42(35)21-8-22-47-4/h6-7,11-20,31-32H,8-10,21-26H2,1-5H3,(H,40,46);5-6,10-19,30-31H,7-9,20-25H2,1-4H3,(H,39,46)(H,44,45)/t31-,32-;30-,31-/m11/s1. The van der Waals surface area contributed by atoms with E-state index in [1.807, 2.05) is 148 Å². The zero-order valence-electron chi connectivity index (χ0n) is 57.5. The number of benzene rings is 6. The van der Waals surface area contributed by atoms with Gasteiger partial charge in [-0.15, -0.1) is 0 Å². The van der Waals surface area contributed by atoms with Crippen molar-refractivity contribution < 1.29 is 57.6 Å². The van der Waals surface area contributed by atoms with Crippen LogP contribution in [0.25, 0.3) is 44.3 Å². The third-order valence-corrected chi connectivity index (χ3v) is 17.4. The molecule has 4 heterocycles. The van der Waals surface area contributed by atoms with Gasteiger partial charge in [-0.05, 0) is 175 Å². The smallest absolute Gasteiger partial charge is 0.407 e. The molecule has 8 aromatic rings. The summed E-state index contributed by atoms with van der Waals surface area (Å²) in [7, 11) is 4.79. The van der Waals surface area contributed by atoms with Gasteiger partial charge in [0.25, 0.3) is 0 Å². The second-order valence-electron chi connectivity index (χ2n) is 27.1. The molecule has 514 valence electrons. The Hall–Kier alpha value is -9.40. The van der Waals surface area contributed by atoms with Crippen molar-refractivity contribution in [1.82, 2.24) is 39.5 Å². The molecule has 0 saturated carbocycles. The van der Waals surface area contributed by atoms with Crippen LogP contribution in [0.15, 0.2) is 146 Å². The van der Waals surface area contributed by atoms with Gasteiger partial charge in [-0.1, -0.05) is 97.1 Å². The average molecular weight is 1320 g/mol. The number of rotatable bonds is 24. The van der Waals surface area contributed by atoms with Gasteiger partial charge in [-0.2, -0.15) is 0 Å². The van der Waals surface area contributed by atoms with E-state index in [-0.39, 0.29) is 48.0 Å². The van der Waals surface area contributed by atoms with Crippen LogP contribution in [0.1, 0.15) is 148 Å². The van der Waals surface area contributed by atoms with Crippen LogP contribution in [0.4, 0.5) is 9.59 Å². The Labute approximate surface area is 569 Å². The lowest BCUT2D eigenvalue weighted by atomic mass is 9.95. The summed E-state index contributed by atoms with van der Waals surface area (Å²) in [6, 6.07) is 45.2. The SMILES string of the molecule is COCCCn1c([C@@H]2CCCN(C(=O)C[C@@H](Cc3ccc(-c4ccc(C(=O)O)cc4)cc3)NC(=O)OC(C)(C)C)C2)nc2ccccc21.COCCCn1c([C@@H]2CCCN(C(=O)C[C@@H](Cc3ccc(-c4ccc(C(=O)OC)cc4)cc3)NC(=O)OC(C)(C)C)C2)nc2ccccc21. The van der Waals surface area contributed by atoms with Crippen molar-refractivity contribution in [2.75, 3.05) is 60.7 Å². The quantitative estimate of drug-likeness (QED) is 0.0290. The van der Waals surface area contributed by atoms with Gasteiger partial charge >= 0.3 is 24.1 Å². The number of methoxy groups -OCH3 is 3. The Balaban J connectivity index is 0.000000227. The topological polar surface area (TPSA) is 235 Å². The molecule has 4 amide bonds. The molecule has 2 aliphatic heterocycles. The van der Waals surface area contributed by atoms with E-state index in [0.29, 0.717) is 57.8 Å². The van der Waals surface area contributed by atoms with Crippen LogP contribution in [0, 0.1) is 0 Å². The molecule has 0 bridgehead atoms. The van der Waals surface area contributed by atoms with Gasteiger partial charge in [0.15, 0.2) is 0 Å². The molecule has 0 spiro atoms. The number of aromatic nitrogens is 4. The highest BCUT2D eigenvalue weighted by atomic mass is 16.6. The molecule has 20 heteroatoms. The Kier molecular flexibility index (Phi) is 24.8. The lowest BCUT2D eigenvalue weighted by molar-refractivity contribution is -0.133. The van der Waals surface area contributed by atoms with Crippen LogP contribution < -0.4 is 10.6 Å². The fourth-order valence-electron chi connectivity index (χ4n) is 12.8. The minimum Gasteiger partial charge on any atom is -0.478 e. The molecule has 3 N–H and O–H groups in total. The van der Waals surface area contributed by atoms with Crippen LogP contribution in [0.2, 0.25) is 0 Å². The Morgan fingerprint density at radius 1 is 0.515 bits per heavy atom. The third kappa shape index (κ3) is 20.3. The summed E-state index contributed by atoms with van der Waals surface area (Å²) in [4.78, 5) is 90.5. The van der Waals surface area contributed by atoms with Crippen LogP contribution in [0.5, 0.6) is 0 Å². The molecule has 2 aliphatic rings. The second-order valence-corrected chi connectivity index (χ2v) is 27.1. The van der Waals surface area contributed by atoms with Crippen molar-refractivity contribution >= 4 is 58.0 Å². The number of carbonyl (C=O) groups is 6. The van der Waals surface area contributed by atoms with Crippen molar-refractivity contribution in [2.24, 2.45) is 0 Å². The van der Waals surface area contributed by atoms with Gasteiger partial charge < -0.3 is 58.4 Å². The number of piperidine rings is 2. The van der Waals surface area contributed by atoms with Crippen molar-refractivity contribution in [2.45, 2.75) is 154 Å². The number of carboxylic acid groups (broad SMARTS) is 1. The molecule has 2 fully saturated rings. The summed E-state index contributed by atoms with van der Waals surface area (Å²) in [5.74, 6) is 0.869. The van der Waals surface area contributed by atoms with Gasteiger partial charge in [0.05, 0.1) is 40.3 Å². The van der Waals surface area contributed by atoms with Crippen molar-refractivity contribution in [1.29, 1.82) is 0 Å². The normalized spacial score (nSPS) is 15.6. The lowest BCUT2D eigenvalue weighted by Crippen LogP contribution is -2.46. The number of aryl methyl sites for hydroxylation is 2. The first kappa shape index (κ1) is 71.9. The number of imidazole rings is 2. The molecule has 10 rings (SSSR count). The van der Waals surface area contributed by atoms with E-state index in [0.717, 1.165) is 119 Å². The number of likely N-dealkylation sites (tertiary alicyclic amines) is 2. The highest BCUT2D eigenvalue weighted by Crippen LogP contribution is 2.33. The molecule has 2 saturated heterocycles. The number of hydrogen-bond acceptors (Lipinski definition) is 13. The zero-order valence-corrected chi connectivity index (χ0v) is 57.5. The number of carbonyl (C=O) groups excluding carboxylic acids is 5. The summed E-state index contributed by atoms with van der Waals surface area (Å²) in [6.07, 6.45) is 5.47. The summed E-state index contributed by atoms with van der Waals surface area (Å²) in [5.41, 5.74) is 9.21. The number of hydrogen-bond donors (Lipinski definition) is 3. The molecule has 20 nitrogen and oxygen atoms in total. The van der Waals surface area contributed by atoms with Crippen LogP contribution in [-0.4, -0.2) is 154 Å². The minimum atomic E-state index is -0.965. The molecule has 2 aromatic heterocycles. The molecule has 97 heavy (non-hydrogen) atoms. The number of para-hydroxylation sites is 4. The number of nitrogens with zero attached hydrogens (tertiary/aromatic N) is 6. The summed E-state index contributed by atoms with van der Waals surface area (Å²) in [5, 5.41) is 15.1. The number of alkyl carbamates (subject to hydrolysis) is 2. The van der Waals surface area contributed by atoms with Crippen LogP contribution >= 0.6 is 0 Å². The van der Waals surface area contributed by atoms with Gasteiger partial charge in [0.1, 0.15) is 22.9 Å². The molecular weight excluding hydrogens is 1230 g/mol. The van der Waals surface area contributed by atoms with E-state index in [4.69, 9.17) is 33.7 Å². The minimum absolute atomic E-state index is 0.00452. The van der Waals surface area contributed by atoms with Crippen molar-refractivity contribution in [3.05, 3.63) is 179 Å². The summed E-state index contributed by atoms with van der Waals surface area (Å²) < 4.78 is 31.1. The van der Waals surface area contributed by atoms with Crippen LogP contribution in [-0.2, 0) is 59.2 Å². The predicted octanol–water partition coefficient (Wildman–Crippen LogP) is 13.4.